The van der Waals surface area contributed by atoms with Crippen LogP contribution in [0.4, 0.5) is 4.79 Å². The van der Waals surface area contributed by atoms with Gasteiger partial charge in [-0.25, -0.2) is 4.79 Å². The van der Waals surface area contributed by atoms with Crippen molar-refractivity contribution in [2.45, 2.75) is 38.3 Å². The molecule has 0 aromatic heterocycles. The Balaban J connectivity index is 2.03. The predicted octanol–water partition coefficient (Wildman–Crippen LogP) is 2.64. The van der Waals surface area contributed by atoms with E-state index in [-0.39, 0.29) is 18.5 Å². The number of amides is 2. The highest BCUT2D eigenvalue weighted by atomic mass is 16.4. The minimum Gasteiger partial charge on any atom is -0.481 e. The normalized spacial score (nSPS) is 16.9. The Morgan fingerprint density at radius 3 is 2.48 bits per heavy atom. The number of carbonyl (C=O) groups is 2. The van der Waals surface area contributed by atoms with Crippen molar-refractivity contribution in [2.24, 2.45) is 5.92 Å². The molecule has 0 saturated heterocycles. The van der Waals surface area contributed by atoms with E-state index in [4.69, 9.17) is 5.11 Å². The van der Waals surface area contributed by atoms with E-state index < -0.39 is 12.0 Å². The van der Waals surface area contributed by atoms with Crippen LogP contribution in [0.2, 0.25) is 0 Å². The van der Waals surface area contributed by atoms with E-state index in [1.807, 2.05) is 37.3 Å². The highest BCUT2D eigenvalue weighted by Crippen LogP contribution is 2.34. The number of hydrogen-bond donors (Lipinski definition) is 2. The quantitative estimate of drug-likeness (QED) is 0.846. The van der Waals surface area contributed by atoms with E-state index in [0.717, 1.165) is 18.4 Å². The van der Waals surface area contributed by atoms with Crippen molar-refractivity contribution in [3.8, 4) is 0 Å². The molecule has 21 heavy (non-hydrogen) atoms. The van der Waals surface area contributed by atoms with Crippen molar-refractivity contribution in [1.82, 2.24) is 10.2 Å². The lowest BCUT2D eigenvalue weighted by Gasteiger charge is -2.28. The third-order valence-corrected chi connectivity index (χ3v) is 4.11. The molecule has 0 spiro atoms. The second-order valence-electron chi connectivity index (χ2n) is 5.70. The van der Waals surface area contributed by atoms with Gasteiger partial charge >= 0.3 is 12.0 Å². The molecule has 5 heteroatoms. The van der Waals surface area contributed by atoms with Gasteiger partial charge in [0, 0.05) is 13.1 Å². The summed E-state index contributed by atoms with van der Waals surface area (Å²) in [6.07, 6.45) is 2.20. The molecular weight excluding hydrogens is 268 g/mol. The highest BCUT2D eigenvalue weighted by molar-refractivity contribution is 5.76. The van der Waals surface area contributed by atoms with Gasteiger partial charge in [-0.05, 0) is 31.2 Å². The highest BCUT2D eigenvalue weighted by Gasteiger charge is 2.33. The molecule has 1 aromatic carbocycles. The smallest absolute Gasteiger partial charge is 0.317 e. The van der Waals surface area contributed by atoms with Crippen molar-refractivity contribution in [3.63, 3.8) is 0 Å². The fraction of sp³-hybridized carbons (Fsp3) is 0.500. The van der Waals surface area contributed by atoms with Crippen LogP contribution < -0.4 is 5.32 Å². The van der Waals surface area contributed by atoms with Crippen LogP contribution in [-0.2, 0) is 4.79 Å². The fourth-order valence-corrected chi connectivity index (χ4v) is 2.44. The third-order valence-electron chi connectivity index (χ3n) is 4.11. The van der Waals surface area contributed by atoms with Crippen LogP contribution in [0.25, 0.3) is 0 Å². The van der Waals surface area contributed by atoms with E-state index in [1.54, 1.807) is 11.9 Å². The fourth-order valence-electron chi connectivity index (χ4n) is 2.44. The topological polar surface area (TPSA) is 69.6 Å². The van der Waals surface area contributed by atoms with Crippen molar-refractivity contribution in [3.05, 3.63) is 35.9 Å². The van der Waals surface area contributed by atoms with Gasteiger partial charge in [-0.3, -0.25) is 4.79 Å². The maximum absolute atomic E-state index is 12.3. The molecule has 2 rings (SSSR count). The molecule has 2 amide bonds. The van der Waals surface area contributed by atoms with E-state index in [2.05, 4.69) is 5.32 Å². The van der Waals surface area contributed by atoms with Gasteiger partial charge in [-0.1, -0.05) is 30.3 Å². The molecule has 0 heterocycles. The van der Waals surface area contributed by atoms with E-state index in [1.165, 1.54) is 0 Å². The van der Waals surface area contributed by atoms with Crippen LogP contribution in [0, 0.1) is 5.92 Å². The monoisotopic (exact) mass is 290 g/mol. The molecule has 2 atom stereocenters. The molecule has 1 saturated carbocycles. The van der Waals surface area contributed by atoms with Gasteiger partial charge in [0.25, 0.3) is 0 Å². The van der Waals surface area contributed by atoms with Gasteiger partial charge in [-0.2, -0.15) is 0 Å². The summed E-state index contributed by atoms with van der Waals surface area (Å²) >= 11 is 0. The van der Waals surface area contributed by atoms with Crippen molar-refractivity contribution < 1.29 is 14.7 Å². The van der Waals surface area contributed by atoms with Crippen LogP contribution in [0.5, 0.6) is 0 Å². The first-order chi connectivity index (χ1) is 9.99. The number of benzene rings is 1. The number of nitrogens with one attached hydrogen (secondary N) is 1. The zero-order valence-corrected chi connectivity index (χ0v) is 12.5. The van der Waals surface area contributed by atoms with Crippen molar-refractivity contribution in [1.29, 1.82) is 0 Å². The lowest BCUT2D eigenvalue weighted by atomic mass is 10.0. The second-order valence-corrected chi connectivity index (χ2v) is 5.70. The number of rotatable bonds is 6. The van der Waals surface area contributed by atoms with Crippen LogP contribution in [-0.4, -0.2) is 35.1 Å². The summed E-state index contributed by atoms with van der Waals surface area (Å²) in [6.45, 7) is 2.03. The summed E-state index contributed by atoms with van der Waals surface area (Å²) in [5, 5.41) is 11.9. The van der Waals surface area contributed by atoms with Crippen LogP contribution >= 0.6 is 0 Å². The molecule has 5 nitrogen and oxygen atoms in total. The molecule has 2 unspecified atom stereocenters. The molecular formula is C16H22N2O3. The Kier molecular flexibility index (Phi) is 4.83. The maximum atomic E-state index is 12.3. The molecule has 114 valence electrons. The molecule has 2 N–H and O–H groups in total. The number of carbonyl (C=O) groups excluding carboxylic acids is 1. The predicted molar refractivity (Wildman–Crippen MR) is 79.9 cm³/mol. The first-order valence-electron chi connectivity index (χ1n) is 7.29. The molecule has 0 aliphatic heterocycles. The average Bonchev–Trinajstić information content (AvgIpc) is 3.30. The number of nitrogens with zero attached hydrogens (tertiary/aromatic N) is 1. The Labute approximate surface area is 125 Å². The lowest BCUT2D eigenvalue weighted by molar-refractivity contribution is -0.137. The number of urea groups is 1. The summed E-state index contributed by atoms with van der Waals surface area (Å²) in [5.74, 6) is -0.350. The molecule has 0 bridgehead atoms. The van der Waals surface area contributed by atoms with Crippen LogP contribution in [0.15, 0.2) is 30.3 Å². The van der Waals surface area contributed by atoms with Crippen LogP contribution in [0.3, 0.4) is 0 Å². The van der Waals surface area contributed by atoms with Gasteiger partial charge in [-0.15, -0.1) is 0 Å². The van der Waals surface area contributed by atoms with Crippen molar-refractivity contribution in [2.75, 3.05) is 7.05 Å². The summed E-state index contributed by atoms with van der Waals surface area (Å²) < 4.78 is 0. The maximum Gasteiger partial charge on any atom is 0.317 e. The van der Waals surface area contributed by atoms with E-state index in [0.29, 0.717) is 5.92 Å². The summed E-state index contributed by atoms with van der Waals surface area (Å²) in [7, 11) is 1.77. The zero-order chi connectivity index (χ0) is 15.4. The number of hydrogen-bond acceptors (Lipinski definition) is 2. The first kappa shape index (κ1) is 15.4. The number of carboxylic acid groups (broad SMARTS) is 1. The van der Waals surface area contributed by atoms with E-state index >= 15 is 0 Å². The summed E-state index contributed by atoms with van der Waals surface area (Å²) in [6, 6.07) is 8.67. The Morgan fingerprint density at radius 2 is 1.95 bits per heavy atom. The average molecular weight is 290 g/mol. The standard InChI is InChI=1S/C16H22N2O3/c1-11(12-8-9-12)18(2)16(21)17-14(10-15(19)20)13-6-4-3-5-7-13/h3-7,11-12,14H,8-10H2,1-2H3,(H,17,21)(H,19,20). The minimum atomic E-state index is -0.929. The first-order valence-corrected chi connectivity index (χ1v) is 7.29. The number of carboxylic acids is 1. The van der Waals surface area contributed by atoms with Crippen molar-refractivity contribution >= 4 is 12.0 Å². The number of aliphatic carboxylic acids is 1. The van der Waals surface area contributed by atoms with Gasteiger partial charge in [0.2, 0.25) is 0 Å². The molecule has 1 aromatic rings. The third kappa shape index (κ3) is 4.21. The molecule has 1 aliphatic carbocycles. The van der Waals surface area contributed by atoms with Gasteiger partial charge in [0.15, 0.2) is 0 Å². The summed E-state index contributed by atoms with van der Waals surface area (Å²) in [4.78, 5) is 25.0. The largest absolute Gasteiger partial charge is 0.481 e. The lowest BCUT2D eigenvalue weighted by Crippen LogP contribution is -2.44. The minimum absolute atomic E-state index is 0.124. The SMILES string of the molecule is CC(C1CC1)N(C)C(=O)NC(CC(=O)O)c1ccccc1. The molecule has 0 radical (unpaired) electrons. The Bertz CT molecular complexity index is 500. The van der Waals surface area contributed by atoms with Crippen LogP contribution in [0.1, 0.15) is 37.8 Å². The molecule has 1 fully saturated rings. The Hall–Kier alpha value is -2.04. The van der Waals surface area contributed by atoms with E-state index in [9.17, 15) is 9.59 Å². The van der Waals surface area contributed by atoms with Gasteiger partial charge in [0.05, 0.1) is 12.5 Å². The van der Waals surface area contributed by atoms with Gasteiger partial charge in [0.1, 0.15) is 0 Å². The Morgan fingerprint density at radius 1 is 1.33 bits per heavy atom. The molecule has 1 aliphatic rings. The zero-order valence-electron chi connectivity index (χ0n) is 12.5. The second kappa shape index (κ2) is 6.61. The van der Waals surface area contributed by atoms with Gasteiger partial charge < -0.3 is 15.3 Å². The summed E-state index contributed by atoms with van der Waals surface area (Å²) in [5.41, 5.74) is 0.806.